The molecule has 0 aliphatic heterocycles. The number of hydrogen-bond acceptors (Lipinski definition) is 3. The Morgan fingerprint density at radius 1 is 1.73 bits per heavy atom. The van der Waals surface area contributed by atoms with Crippen LogP contribution in [0.1, 0.15) is 30.3 Å². The molecule has 0 aliphatic carbocycles. The maximum atomic E-state index is 11.7. The molecule has 15 heavy (non-hydrogen) atoms. The summed E-state index contributed by atoms with van der Waals surface area (Å²) >= 11 is 0. The van der Waals surface area contributed by atoms with E-state index in [0.29, 0.717) is 12.1 Å². The van der Waals surface area contributed by atoms with E-state index >= 15 is 0 Å². The molecule has 1 heterocycles. The van der Waals surface area contributed by atoms with Crippen LogP contribution in [0.4, 0.5) is 0 Å². The predicted molar refractivity (Wildman–Crippen MR) is 56.5 cm³/mol. The van der Waals surface area contributed by atoms with E-state index in [0.717, 1.165) is 6.42 Å². The molecule has 1 rings (SSSR count). The number of rotatable bonds is 5. The summed E-state index contributed by atoms with van der Waals surface area (Å²) in [5.74, 6) is -0.125. The smallest absolute Gasteiger partial charge is 0.269 e. The van der Waals surface area contributed by atoms with Gasteiger partial charge in [0, 0.05) is 19.7 Å². The molecule has 5 heteroatoms. The molecule has 0 aliphatic rings. The van der Waals surface area contributed by atoms with Gasteiger partial charge in [-0.15, -0.1) is 0 Å². The molecule has 0 spiro atoms. The summed E-state index contributed by atoms with van der Waals surface area (Å²) < 4.78 is 1.67. The van der Waals surface area contributed by atoms with Crippen LogP contribution in [-0.2, 0) is 7.05 Å². The first kappa shape index (κ1) is 11.7. The zero-order valence-electron chi connectivity index (χ0n) is 9.10. The topological polar surface area (TPSA) is 67.2 Å². The first-order valence-corrected chi connectivity index (χ1v) is 5.03. The van der Waals surface area contributed by atoms with E-state index in [1.165, 1.54) is 6.20 Å². The fourth-order valence-corrected chi connectivity index (χ4v) is 1.34. The summed E-state index contributed by atoms with van der Waals surface area (Å²) in [6.45, 7) is 2.08. The second-order valence-corrected chi connectivity index (χ2v) is 3.63. The maximum Gasteiger partial charge on any atom is 0.269 e. The van der Waals surface area contributed by atoms with Crippen LogP contribution in [0, 0.1) is 0 Å². The van der Waals surface area contributed by atoms with E-state index in [9.17, 15) is 4.79 Å². The quantitative estimate of drug-likeness (QED) is 0.736. The number of amides is 1. The third-order valence-corrected chi connectivity index (χ3v) is 2.22. The number of nitrogens with zero attached hydrogens (tertiary/aromatic N) is 2. The lowest BCUT2D eigenvalue weighted by atomic mass is 10.2. The van der Waals surface area contributed by atoms with Gasteiger partial charge in [0.25, 0.3) is 5.91 Å². The molecule has 0 radical (unpaired) electrons. The highest BCUT2D eigenvalue weighted by Gasteiger charge is 2.12. The van der Waals surface area contributed by atoms with E-state index in [-0.39, 0.29) is 18.6 Å². The molecule has 1 unspecified atom stereocenters. The maximum absolute atomic E-state index is 11.7. The second kappa shape index (κ2) is 5.50. The molecule has 84 valence electrons. The number of carbonyl (C=O) groups is 1. The van der Waals surface area contributed by atoms with Crippen LogP contribution in [0.15, 0.2) is 12.5 Å². The molecule has 1 amide bonds. The van der Waals surface area contributed by atoms with Gasteiger partial charge >= 0.3 is 0 Å². The predicted octanol–water partition coefficient (Wildman–Crippen LogP) is 0.311. The lowest BCUT2D eigenvalue weighted by molar-refractivity contribution is 0.0928. The summed E-state index contributed by atoms with van der Waals surface area (Å²) in [5, 5.41) is 11.5. The van der Waals surface area contributed by atoms with Crippen LogP contribution in [0.2, 0.25) is 0 Å². The molecule has 5 nitrogen and oxygen atoms in total. The van der Waals surface area contributed by atoms with Crippen molar-refractivity contribution in [3.8, 4) is 0 Å². The number of nitrogens with one attached hydrogen (secondary N) is 1. The average molecular weight is 211 g/mol. The van der Waals surface area contributed by atoms with E-state index in [2.05, 4.69) is 10.3 Å². The number of hydrogen-bond donors (Lipinski definition) is 2. The molecule has 0 bridgehead atoms. The minimum atomic E-state index is -0.125. The van der Waals surface area contributed by atoms with Crippen molar-refractivity contribution in [3.63, 3.8) is 0 Å². The first-order chi connectivity index (χ1) is 7.15. The van der Waals surface area contributed by atoms with Gasteiger partial charge in [-0.3, -0.25) is 4.79 Å². The van der Waals surface area contributed by atoms with Gasteiger partial charge < -0.3 is 15.0 Å². The van der Waals surface area contributed by atoms with Crippen LogP contribution in [0.5, 0.6) is 0 Å². The van der Waals surface area contributed by atoms with Gasteiger partial charge in [0.1, 0.15) is 5.69 Å². The minimum Gasteiger partial charge on any atom is -0.396 e. The van der Waals surface area contributed by atoms with Crippen LogP contribution < -0.4 is 5.32 Å². The normalized spacial score (nSPS) is 12.5. The molecule has 1 atom stereocenters. The van der Waals surface area contributed by atoms with Crippen molar-refractivity contribution in [2.75, 3.05) is 6.61 Å². The fraction of sp³-hybridized carbons (Fsp3) is 0.600. The van der Waals surface area contributed by atoms with Crippen molar-refractivity contribution in [3.05, 3.63) is 18.2 Å². The Labute approximate surface area is 89.1 Å². The Hall–Kier alpha value is -1.36. The number of aromatic nitrogens is 2. The third kappa shape index (κ3) is 3.36. The monoisotopic (exact) mass is 211 g/mol. The molecule has 0 saturated carbocycles. The zero-order chi connectivity index (χ0) is 11.3. The Balaban J connectivity index is 2.46. The van der Waals surface area contributed by atoms with Gasteiger partial charge in [0.05, 0.1) is 12.5 Å². The van der Waals surface area contributed by atoms with Crippen LogP contribution in [-0.4, -0.2) is 33.2 Å². The third-order valence-electron chi connectivity index (χ3n) is 2.22. The summed E-state index contributed by atoms with van der Waals surface area (Å²) in [7, 11) is 1.78. The summed E-state index contributed by atoms with van der Waals surface area (Å²) in [6.07, 6.45) is 4.61. The van der Waals surface area contributed by atoms with Crippen molar-refractivity contribution < 1.29 is 9.90 Å². The molecular weight excluding hydrogens is 194 g/mol. The Kier molecular flexibility index (Phi) is 4.30. The summed E-state index contributed by atoms with van der Waals surface area (Å²) in [5.41, 5.74) is 0.547. The highest BCUT2D eigenvalue weighted by atomic mass is 16.3. The molecule has 0 aromatic carbocycles. The molecule has 2 N–H and O–H groups in total. The summed E-state index contributed by atoms with van der Waals surface area (Å²) in [4.78, 5) is 15.5. The Morgan fingerprint density at radius 2 is 2.47 bits per heavy atom. The van der Waals surface area contributed by atoms with Gasteiger partial charge in [0.15, 0.2) is 0 Å². The molecule has 1 aromatic heterocycles. The van der Waals surface area contributed by atoms with Gasteiger partial charge in [-0.25, -0.2) is 4.98 Å². The Morgan fingerprint density at radius 3 is 3.00 bits per heavy atom. The average Bonchev–Trinajstić information content (AvgIpc) is 2.61. The van der Waals surface area contributed by atoms with Crippen LogP contribution >= 0.6 is 0 Å². The van der Waals surface area contributed by atoms with Gasteiger partial charge in [0.2, 0.25) is 0 Å². The minimum absolute atomic E-state index is 0.0690. The van der Waals surface area contributed by atoms with E-state index in [1.807, 2.05) is 6.92 Å². The number of aryl methyl sites for hydroxylation is 1. The first-order valence-electron chi connectivity index (χ1n) is 5.03. The van der Waals surface area contributed by atoms with Crippen molar-refractivity contribution in [1.82, 2.24) is 14.9 Å². The highest BCUT2D eigenvalue weighted by Crippen LogP contribution is 2.00. The van der Waals surface area contributed by atoms with Gasteiger partial charge in [-0.1, -0.05) is 0 Å². The lowest BCUT2D eigenvalue weighted by Gasteiger charge is -2.12. The van der Waals surface area contributed by atoms with Crippen molar-refractivity contribution in [1.29, 1.82) is 0 Å². The molecule has 0 saturated heterocycles. The fourth-order valence-electron chi connectivity index (χ4n) is 1.34. The zero-order valence-corrected chi connectivity index (χ0v) is 9.10. The van der Waals surface area contributed by atoms with Crippen LogP contribution in [0.25, 0.3) is 0 Å². The van der Waals surface area contributed by atoms with E-state index in [1.54, 1.807) is 17.9 Å². The Bertz CT molecular complexity index is 322. The highest BCUT2D eigenvalue weighted by molar-refractivity contribution is 5.92. The van der Waals surface area contributed by atoms with E-state index < -0.39 is 0 Å². The molecule has 1 aromatic rings. The van der Waals surface area contributed by atoms with Gasteiger partial charge in [-0.2, -0.15) is 0 Å². The number of carbonyl (C=O) groups excluding carboxylic acids is 1. The van der Waals surface area contributed by atoms with Crippen molar-refractivity contribution >= 4 is 5.91 Å². The standard InChI is InChI=1S/C10H17N3O2/c1-8(4-3-5-14)12-10(15)9-6-11-7-13(9)2/h6-8,14H,3-5H2,1-2H3,(H,12,15). The molecular formula is C10H17N3O2. The molecule has 0 fully saturated rings. The van der Waals surface area contributed by atoms with Crippen molar-refractivity contribution in [2.45, 2.75) is 25.8 Å². The van der Waals surface area contributed by atoms with Crippen molar-refractivity contribution in [2.24, 2.45) is 7.05 Å². The number of imidazole rings is 1. The number of aliphatic hydroxyl groups is 1. The van der Waals surface area contributed by atoms with Crippen LogP contribution in [0.3, 0.4) is 0 Å². The lowest BCUT2D eigenvalue weighted by Crippen LogP contribution is -2.33. The SMILES string of the molecule is CC(CCCO)NC(=O)c1cncn1C. The number of aliphatic hydroxyl groups excluding tert-OH is 1. The van der Waals surface area contributed by atoms with Gasteiger partial charge in [-0.05, 0) is 19.8 Å². The second-order valence-electron chi connectivity index (χ2n) is 3.63. The van der Waals surface area contributed by atoms with E-state index in [4.69, 9.17) is 5.11 Å². The summed E-state index contributed by atoms with van der Waals surface area (Å²) in [6, 6.07) is 0.0690. The largest absolute Gasteiger partial charge is 0.396 e.